The molecule has 1 fully saturated rings. The third kappa shape index (κ3) is 3.30. The minimum absolute atomic E-state index is 0.0692. The fourth-order valence-corrected chi connectivity index (χ4v) is 4.80. The number of rotatable bonds is 4. The molecule has 0 radical (unpaired) electrons. The Hall–Kier alpha value is -1.08. The Morgan fingerprint density at radius 1 is 1.45 bits per heavy atom. The van der Waals surface area contributed by atoms with E-state index >= 15 is 0 Å². The molecule has 1 aromatic rings. The number of aryl methyl sites for hydroxylation is 2. The molecule has 1 aromatic heterocycles. The van der Waals surface area contributed by atoms with Crippen LogP contribution in [0.1, 0.15) is 35.8 Å². The fourth-order valence-electron chi connectivity index (χ4n) is 2.64. The van der Waals surface area contributed by atoms with Crippen LogP contribution in [0.5, 0.6) is 0 Å². The molecule has 2 N–H and O–H groups in total. The SMILES string of the molecule is CC1(C)SC[C@H](C(=O)NCCc2nc3c(s2)CCC3)NC1=O. The number of hydrogen-bond acceptors (Lipinski definition) is 5. The van der Waals surface area contributed by atoms with Crippen LogP contribution in [0.15, 0.2) is 0 Å². The van der Waals surface area contributed by atoms with Gasteiger partial charge in [-0.15, -0.1) is 23.1 Å². The fraction of sp³-hybridized carbons (Fsp3) is 0.667. The summed E-state index contributed by atoms with van der Waals surface area (Å²) in [6.45, 7) is 4.33. The first-order chi connectivity index (χ1) is 10.5. The van der Waals surface area contributed by atoms with Crippen molar-refractivity contribution in [2.75, 3.05) is 12.3 Å². The summed E-state index contributed by atoms with van der Waals surface area (Å²) in [7, 11) is 0. The highest BCUT2D eigenvalue weighted by Crippen LogP contribution is 2.29. The monoisotopic (exact) mass is 339 g/mol. The standard InChI is InChI=1S/C15H21N3O2S2/c1-15(2)14(20)18-10(8-21-15)13(19)16-7-6-12-17-9-4-3-5-11(9)22-12/h10H,3-8H2,1-2H3,(H,16,19)(H,18,20)/t10-/m1/s1. The summed E-state index contributed by atoms with van der Waals surface area (Å²) in [6, 6.07) is -0.424. The zero-order valence-corrected chi connectivity index (χ0v) is 14.5. The lowest BCUT2D eigenvalue weighted by Crippen LogP contribution is -2.57. The predicted molar refractivity (Wildman–Crippen MR) is 89.3 cm³/mol. The van der Waals surface area contributed by atoms with Crippen LogP contribution >= 0.6 is 23.1 Å². The van der Waals surface area contributed by atoms with Crippen LogP contribution in [0, 0.1) is 0 Å². The van der Waals surface area contributed by atoms with Crippen molar-refractivity contribution in [3.63, 3.8) is 0 Å². The lowest BCUT2D eigenvalue weighted by Gasteiger charge is -2.32. The highest BCUT2D eigenvalue weighted by molar-refractivity contribution is 8.01. The molecule has 1 aliphatic heterocycles. The van der Waals surface area contributed by atoms with Gasteiger partial charge in [0.15, 0.2) is 0 Å². The van der Waals surface area contributed by atoms with Gasteiger partial charge in [0, 0.05) is 23.6 Å². The molecule has 0 spiro atoms. The molecule has 0 saturated carbocycles. The Morgan fingerprint density at radius 2 is 2.27 bits per heavy atom. The van der Waals surface area contributed by atoms with Crippen LogP contribution < -0.4 is 10.6 Å². The molecule has 2 heterocycles. The number of carbonyl (C=O) groups excluding carboxylic acids is 2. The Labute approximate surface area is 138 Å². The molecule has 120 valence electrons. The molecule has 1 atom stereocenters. The third-order valence-electron chi connectivity index (χ3n) is 4.06. The molecule has 2 aliphatic rings. The minimum atomic E-state index is -0.446. The van der Waals surface area contributed by atoms with Gasteiger partial charge in [0.25, 0.3) is 0 Å². The summed E-state index contributed by atoms with van der Waals surface area (Å²) in [5.74, 6) is 0.455. The number of fused-ring (bicyclic) bond motifs is 1. The number of nitrogens with zero attached hydrogens (tertiary/aromatic N) is 1. The predicted octanol–water partition coefficient (Wildman–Crippen LogP) is 1.30. The van der Waals surface area contributed by atoms with Gasteiger partial charge < -0.3 is 10.6 Å². The largest absolute Gasteiger partial charge is 0.354 e. The molecular formula is C15H21N3O2S2. The Bertz CT molecular complexity index is 576. The van der Waals surface area contributed by atoms with Crippen LogP contribution in [0.2, 0.25) is 0 Å². The molecule has 22 heavy (non-hydrogen) atoms. The van der Waals surface area contributed by atoms with E-state index in [4.69, 9.17) is 0 Å². The van der Waals surface area contributed by atoms with Gasteiger partial charge >= 0.3 is 0 Å². The van der Waals surface area contributed by atoms with Gasteiger partial charge in [-0.05, 0) is 33.1 Å². The third-order valence-corrected chi connectivity index (χ3v) is 6.68. The van der Waals surface area contributed by atoms with Crippen LogP contribution in [-0.4, -0.2) is 39.9 Å². The quantitative estimate of drug-likeness (QED) is 0.867. The summed E-state index contributed by atoms with van der Waals surface area (Å²) >= 11 is 3.30. The van der Waals surface area contributed by atoms with E-state index in [9.17, 15) is 9.59 Å². The molecule has 5 nitrogen and oxygen atoms in total. The summed E-state index contributed by atoms with van der Waals surface area (Å²) in [6.07, 6.45) is 4.24. The topological polar surface area (TPSA) is 71.1 Å². The number of aromatic nitrogens is 1. The molecule has 0 bridgehead atoms. The number of carbonyl (C=O) groups is 2. The van der Waals surface area contributed by atoms with Crippen molar-refractivity contribution >= 4 is 34.9 Å². The normalized spacial score (nSPS) is 23.0. The number of thiazole rings is 1. The van der Waals surface area contributed by atoms with E-state index in [2.05, 4.69) is 15.6 Å². The Kier molecular flexibility index (Phi) is 4.45. The average Bonchev–Trinajstić information content (AvgIpc) is 3.02. The second kappa shape index (κ2) is 6.20. The van der Waals surface area contributed by atoms with Gasteiger partial charge in [0.1, 0.15) is 6.04 Å². The van der Waals surface area contributed by atoms with E-state index in [-0.39, 0.29) is 11.8 Å². The zero-order valence-electron chi connectivity index (χ0n) is 12.9. The van der Waals surface area contributed by atoms with Gasteiger partial charge in [-0.25, -0.2) is 4.98 Å². The van der Waals surface area contributed by atoms with E-state index in [1.807, 2.05) is 13.8 Å². The second-order valence-corrected chi connectivity index (χ2v) is 9.03. The number of hydrogen-bond donors (Lipinski definition) is 2. The molecule has 1 aliphatic carbocycles. The lowest BCUT2D eigenvalue weighted by atomic mass is 10.1. The first-order valence-corrected chi connectivity index (χ1v) is 9.46. The van der Waals surface area contributed by atoms with Gasteiger partial charge in [-0.2, -0.15) is 0 Å². The highest BCUT2D eigenvalue weighted by atomic mass is 32.2. The molecule has 1 saturated heterocycles. The van der Waals surface area contributed by atoms with Gasteiger partial charge in [-0.3, -0.25) is 9.59 Å². The Morgan fingerprint density at radius 3 is 3.00 bits per heavy atom. The number of amides is 2. The van der Waals surface area contributed by atoms with Crippen molar-refractivity contribution in [2.24, 2.45) is 0 Å². The lowest BCUT2D eigenvalue weighted by molar-refractivity contribution is -0.129. The Balaban J connectivity index is 1.45. The van der Waals surface area contributed by atoms with E-state index < -0.39 is 10.8 Å². The maximum atomic E-state index is 12.1. The smallest absolute Gasteiger partial charge is 0.243 e. The van der Waals surface area contributed by atoms with Gasteiger partial charge in [-0.1, -0.05) is 0 Å². The van der Waals surface area contributed by atoms with Crippen LogP contribution in [0.4, 0.5) is 0 Å². The van der Waals surface area contributed by atoms with Crippen LogP contribution in [0.3, 0.4) is 0 Å². The highest BCUT2D eigenvalue weighted by Gasteiger charge is 2.37. The second-order valence-electron chi connectivity index (χ2n) is 6.22. The summed E-state index contributed by atoms with van der Waals surface area (Å²) in [5, 5.41) is 6.82. The van der Waals surface area contributed by atoms with Crippen molar-refractivity contribution in [3.8, 4) is 0 Å². The zero-order chi connectivity index (χ0) is 15.7. The molecule has 0 unspecified atom stereocenters. The van der Waals surface area contributed by atoms with Crippen LogP contribution in [0.25, 0.3) is 0 Å². The van der Waals surface area contributed by atoms with Crippen LogP contribution in [-0.2, 0) is 28.9 Å². The minimum Gasteiger partial charge on any atom is -0.354 e. The molecule has 0 aromatic carbocycles. The van der Waals surface area contributed by atoms with Crippen molar-refractivity contribution in [1.82, 2.24) is 15.6 Å². The van der Waals surface area contributed by atoms with E-state index in [0.717, 1.165) is 24.3 Å². The van der Waals surface area contributed by atoms with E-state index in [0.29, 0.717) is 12.3 Å². The first kappa shape index (κ1) is 15.8. The van der Waals surface area contributed by atoms with Gasteiger partial charge in [0.05, 0.1) is 15.4 Å². The van der Waals surface area contributed by atoms with Crippen molar-refractivity contribution in [3.05, 3.63) is 15.6 Å². The summed E-state index contributed by atoms with van der Waals surface area (Å²) < 4.78 is -0.446. The molecular weight excluding hydrogens is 318 g/mol. The van der Waals surface area contributed by atoms with Crippen molar-refractivity contribution < 1.29 is 9.59 Å². The van der Waals surface area contributed by atoms with E-state index in [1.165, 1.54) is 28.8 Å². The summed E-state index contributed by atoms with van der Waals surface area (Å²) in [5.41, 5.74) is 1.25. The average molecular weight is 339 g/mol. The number of thioether (sulfide) groups is 1. The molecule has 2 amide bonds. The summed E-state index contributed by atoms with van der Waals surface area (Å²) in [4.78, 5) is 30.1. The van der Waals surface area contributed by atoms with E-state index in [1.54, 1.807) is 11.3 Å². The number of nitrogens with one attached hydrogen (secondary N) is 2. The molecule has 7 heteroatoms. The first-order valence-electron chi connectivity index (χ1n) is 7.66. The maximum Gasteiger partial charge on any atom is 0.243 e. The maximum absolute atomic E-state index is 12.1. The van der Waals surface area contributed by atoms with Crippen molar-refractivity contribution in [2.45, 2.75) is 50.3 Å². The van der Waals surface area contributed by atoms with Gasteiger partial charge in [0.2, 0.25) is 11.8 Å². The van der Waals surface area contributed by atoms with Crippen molar-refractivity contribution in [1.29, 1.82) is 0 Å². The molecule has 3 rings (SSSR count).